The van der Waals surface area contributed by atoms with Crippen LogP contribution in [0.1, 0.15) is 12.5 Å². The van der Waals surface area contributed by atoms with Crippen molar-refractivity contribution in [2.24, 2.45) is 0 Å². The summed E-state index contributed by atoms with van der Waals surface area (Å²) in [6.45, 7) is 1.51. The van der Waals surface area contributed by atoms with Crippen LogP contribution in [-0.4, -0.2) is 11.1 Å². The van der Waals surface area contributed by atoms with Crippen molar-refractivity contribution in [3.05, 3.63) is 63.8 Å². The molecule has 1 aromatic heterocycles. The molecule has 0 spiro atoms. The van der Waals surface area contributed by atoms with Crippen molar-refractivity contribution < 1.29 is 14.3 Å². The zero-order valence-corrected chi connectivity index (χ0v) is 11.3. The molecule has 1 N–H and O–H groups in total. The van der Waals surface area contributed by atoms with Crippen molar-refractivity contribution >= 4 is 34.0 Å². The predicted octanol–water partition coefficient (Wildman–Crippen LogP) is 3.43. The van der Waals surface area contributed by atoms with Crippen LogP contribution in [0.3, 0.4) is 0 Å². The third-order valence-electron chi connectivity index (χ3n) is 3.32. The Labute approximate surface area is 119 Å². The molecule has 2 aromatic carbocycles. The van der Waals surface area contributed by atoms with Crippen LogP contribution in [0.4, 0.5) is 0 Å². The Morgan fingerprint density at radius 3 is 2.57 bits per heavy atom. The molecule has 0 saturated heterocycles. The van der Waals surface area contributed by atoms with Gasteiger partial charge in [0, 0.05) is 5.57 Å². The van der Waals surface area contributed by atoms with Crippen LogP contribution in [-0.2, 0) is 4.79 Å². The van der Waals surface area contributed by atoms with Gasteiger partial charge in [-0.3, -0.25) is 4.79 Å². The summed E-state index contributed by atoms with van der Waals surface area (Å²) in [5.41, 5.74) is 1.78. The number of aliphatic carboxylic acids is 1. The third kappa shape index (κ3) is 2.31. The zero-order valence-electron chi connectivity index (χ0n) is 11.3. The molecule has 104 valence electrons. The van der Waals surface area contributed by atoms with Crippen molar-refractivity contribution in [1.29, 1.82) is 0 Å². The number of hydrogen-bond acceptors (Lipinski definition) is 3. The molecule has 0 bridgehead atoms. The lowest BCUT2D eigenvalue weighted by Gasteiger charge is -2.02. The Hall–Kier alpha value is -2.88. The fraction of sp³-hybridized carbons (Fsp3) is 0.0588. The first-order valence-electron chi connectivity index (χ1n) is 6.43. The minimum Gasteiger partial charge on any atom is -0.478 e. The smallest absolute Gasteiger partial charge is 0.331 e. The first-order chi connectivity index (χ1) is 10.1. The number of fused-ring (bicyclic) bond motifs is 2. The molecule has 1 heterocycles. The van der Waals surface area contributed by atoms with E-state index in [4.69, 9.17) is 9.52 Å². The zero-order chi connectivity index (χ0) is 15.0. The average molecular weight is 280 g/mol. The van der Waals surface area contributed by atoms with E-state index in [9.17, 15) is 9.59 Å². The Bertz CT molecular complexity index is 948. The molecule has 0 aliphatic rings. The highest BCUT2D eigenvalue weighted by molar-refractivity contribution is 5.94. The fourth-order valence-corrected chi connectivity index (χ4v) is 2.22. The van der Waals surface area contributed by atoms with E-state index < -0.39 is 5.97 Å². The van der Waals surface area contributed by atoms with Crippen molar-refractivity contribution in [1.82, 2.24) is 0 Å². The van der Waals surface area contributed by atoms with E-state index in [1.807, 2.05) is 6.07 Å². The van der Waals surface area contributed by atoms with Gasteiger partial charge in [0.25, 0.3) is 0 Å². The molecule has 0 unspecified atom stereocenters. The van der Waals surface area contributed by atoms with Crippen molar-refractivity contribution in [3.8, 4) is 0 Å². The fourth-order valence-electron chi connectivity index (χ4n) is 2.22. The summed E-state index contributed by atoms with van der Waals surface area (Å²) in [4.78, 5) is 23.3. The molecule has 0 aliphatic heterocycles. The van der Waals surface area contributed by atoms with E-state index in [1.54, 1.807) is 36.4 Å². The van der Waals surface area contributed by atoms with Crippen LogP contribution in [0.5, 0.6) is 0 Å². The number of carboxylic acids is 1. The van der Waals surface area contributed by atoms with E-state index >= 15 is 0 Å². The van der Waals surface area contributed by atoms with Crippen LogP contribution in [0, 0.1) is 0 Å². The second-order valence-electron chi connectivity index (χ2n) is 4.82. The van der Waals surface area contributed by atoms with Gasteiger partial charge in [0.1, 0.15) is 11.2 Å². The molecule has 4 nitrogen and oxygen atoms in total. The summed E-state index contributed by atoms with van der Waals surface area (Å²) >= 11 is 0. The molecule has 4 heteroatoms. The molecule has 0 saturated carbocycles. The molecule has 0 fully saturated rings. The van der Waals surface area contributed by atoms with Crippen LogP contribution in [0.15, 0.2) is 57.2 Å². The van der Waals surface area contributed by atoms with Gasteiger partial charge in [-0.2, -0.15) is 0 Å². The monoisotopic (exact) mass is 280 g/mol. The highest BCUT2D eigenvalue weighted by Gasteiger charge is 2.08. The summed E-state index contributed by atoms with van der Waals surface area (Å²) in [6, 6.07) is 12.1. The largest absolute Gasteiger partial charge is 0.478 e. The molecule has 0 amide bonds. The summed E-state index contributed by atoms with van der Waals surface area (Å²) in [5.74, 6) is -0.986. The molecule has 3 rings (SSSR count). The van der Waals surface area contributed by atoms with Gasteiger partial charge in [-0.1, -0.05) is 18.2 Å². The van der Waals surface area contributed by atoms with Crippen molar-refractivity contribution in [2.45, 2.75) is 6.92 Å². The maximum atomic E-state index is 12.5. The first kappa shape index (κ1) is 13.1. The molecule has 3 aromatic rings. The topological polar surface area (TPSA) is 67.5 Å². The SMILES string of the molecule is CC(=Cc1ccc2oc3ccccc3c(=O)c2c1)C(=O)O. The molecular formula is C17H12O4. The number of benzene rings is 2. The normalized spacial score (nSPS) is 12.0. The highest BCUT2D eigenvalue weighted by Crippen LogP contribution is 2.20. The molecular weight excluding hydrogens is 268 g/mol. The quantitative estimate of drug-likeness (QED) is 0.577. The van der Waals surface area contributed by atoms with Gasteiger partial charge >= 0.3 is 5.97 Å². The molecule has 21 heavy (non-hydrogen) atoms. The van der Waals surface area contributed by atoms with E-state index in [0.717, 1.165) is 0 Å². The Balaban J connectivity index is 2.29. The lowest BCUT2D eigenvalue weighted by molar-refractivity contribution is -0.132. The summed E-state index contributed by atoms with van der Waals surface area (Å²) in [5, 5.41) is 9.86. The minimum absolute atomic E-state index is 0.116. The number of carbonyl (C=O) groups is 1. The van der Waals surface area contributed by atoms with Crippen molar-refractivity contribution in [2.75, 3.05) is 0 Å². The van der Waals surface area contributed by atoms with Crippen LogP contribution in [0.2, 0.25) is 0 Å². The van der Waals surface area contributed by atoms with E-state index in [1.165, 1.54) is 13.0 Å². The van der Waals surface area contributed by atoms with Crippen molar-refractivity contribution in [3.63, 3.8) is 0 Å². The van der Waals surface area contributed by atoms with Crippen LogP contribution >= 0.6 is 0 Å². The highest BCUT2D eigenvalue weighted by atomic mass is 16.4. The molecule has 0 aliphatic carbocycles. The Kier molecular flexibility index (Phi) is 3.06. The van der Waals surface area contributed by atoms with Gasteiger partial charge in [-0.15, -0.1) is 0 Å². The number of para-hydroxylation sites is 1. The number of rotatable bonds is 2. The second-order valence-corrected chi connectivity index (χ2v) is 4.82. The van der Waals surface area contributed by atoms with E-state index in [2.05, 4.69) is 0 Å². The van der Waals surface area contributed by atoms with E-state index in [0.29, 0.717) is 27.5 Å². The maximum Gasteiger partial charge on any atom is 0.331 e. The summed E-state index contributed by atoms with van der Waals surface area (Å²) in [7, 11) is 0. The Morgan fingerprint density at radius 1 is 1.10 bits per heavy atom. The third-order valence-corrected chi connectivity index (χ3v) is 3.32. The summed E-state index contributed by atoms with van der Waals surface area (Å²) < 4.78 is 5.70. The Morgan fingerprint density at radius 2 is 1.81 bits per heavy atom. The minimum atomic E-state index is -0.986. The average Bonchev–Trinajstić information content (AvgIpc) is 2.48. The van der Waals surface area contributed by atoms with Gasteiger partial charge in [-0.05, 0) is 42.8 Å². The van der Waals surface area contributed by atoms with Crippen LogP contribution in [0.25, 0.3) is 28.0 Å². The van der Waals surface area contributed by atoms with Gasteiger partial charge in [0.05, 0.1) is 10.8 Å². The van der Waals surface area contributed by atoms with Gasteiger partial charge < -0.3 is 9.52 Å². The van der Waals surface area contributed by atoms with E-state index in [-0.39, 0.29) is 11.0 Å². The molecule has 0 atom stereocenters. The predicted molar refractivity (Wildman–Crippen MR) is 81.3 cm³/mol. The lowest BCUT2D eigenvalue weighted by atomic mass is 10.1. The lowest BCUT2D eigenvalue weighted by Crippen LogP contribution is -2.02. The number of hydrogen-bond donors (Lipinski definition) is 1. The molecule has 0 radical (unpaired) electrons. The maximum absolute atomic E-state index is 12.5. The number of carboxylic acid groups (broad SMARTS) is 1. The van der Waals surface area contributed by atoms with Crippen LogP contribution < -0.4 is 5.43 Å². The standard InChI is InChI=1S/C17H12O4/c1-10(17(19)20)8-11-6-7-15-13(9-11)16(18)12-4-2-3-5-14(12)21-15/h2-9H,1H3,(H,19,20). The van der Waals surface area contributed by atoms with Gasteiger partial charge in [0.2, 0.25) is 5.43 Å². The van der Waals surface area contributed by atoms with Gasteiger partial charge in [0.15, 0.2) is 0 Å². The van der Waals surface area contributed by atoms with Gasteiger partial charge in [-0.25, -0.2) is 4.79 Å². The first-order valence-corrected chi connectivity index (χ1v) is 6.43. The second kappa shape index (κ2) is 4.90. The summed E-state index contributed by atoms with van der Waals surface area (Å²) in [6.07, 6.45) is 1.52.